The van der Waals surface area contributed by atoms with Crippen LogP contribution in [0.1, 0.15) is 5.56 Å². The van der Waals surface area contributed by atoms with E-state index in [0.717, 1.165) is 17.7 Å². The molecule has 0 amide bonds. The van der Waals surface area contributed by atoms with Crippen LogP contribution >= 0.6 is 15.9 Å². The minimum Gasteiger partial charge on any atom is -0.372 e. The Morgan fingerprint density at radius 3 is 2.86 bits per heavy atom. The van der Waals surface area contributed by atoms with E-state index in [9.17, 15) is 8.42 Å². The molecule has 5 nitrogen and oxygen atoms in total. The van der Waals surface area contributed by atoms with E-state index in [-0.39, 0.29) is 4.90 Å². The second-order valence-electron chi connectivity index (χ2n) is 4.71. The van der Waals surface area contributed by atoms with E-state index < -0.39 is 10.0 Å². The number of rotatable bonds is 3. The van der Waals surface area contributed by atoms with Gasteiger partial charge in [-0.3, -0.25) is 4.31 Å². The maximum Gasteiger partial charge on any atom is 0.268 e. The number of anilines is 2. The zero-order chi connectivity index (χ0) is 15.0. The van der Waals surface area contributed by atoms with Crippen LogP contribution in [0.2, 0.25) is 0 Å². The molecule has 0 aliphatic carbocycles. The fraction of sp³-hybridized carbons (Fsp3) is 0.214. The predicted molar refractivity (Wildman–Crippen MR) is 86.2 cm³/mol. The lowest BCUT2D eigenvalue weighted by atomic mass is 10.2. The van der Waals surface area contributed by atoms with Crippen LogP contribution in [0.15, 0.2) is 45.9 Å². The molecule has 110 valence electrons. The number of hydrogen-bond donors (Lipinski definition) is 1. The lowest BCUT2D eigenvalue weighted by Gasteiger charge is -2.21. The van der Waals surface area contributed by atoms with Gasteiger partial charge >= 0.3 is 0 Å². The summed E-state index contributed by atoms with van der Waals surface area (Å²) >= 11 is 3.29. The third kappa shape index (κ3) is 2.40. The van der Waals surface area contributed by atoms with Gasteiger partial charge in [0.25, 0.3) is 10.0 Å². The molecule has 1 N–H and O–H groups in total. The summed E-state index contributed by atoms with van der Waals surface area (Å²) in [5.74, 6) is 0.350. The molecule has 0 fully saturated rings. The number of nitrogens with zero attached hydrogens (tertiary/aromatic N) is 2. The van der Waals surface area contributed by atoms with Gasteiger partial charge in [-0.1, -0.05) is 18.2 Å². The minimum absolute atomic E-state index is 0.177. The average molecular weight is 368 g/mol. The van der Waals surface area contributed by atoms with Gasteiger partial charge < -0.3 is 5.32 Å². The molecule has 0 spiro atoms. The Kier molecular flexibility index (Phi) is 3.62. The molecule has 0 atom stereocenters. The molecule has 21 heavy (non-hydrogen) atoms. The lowest BCUT2D eigenvalue weighted by Crippen LogP contribution is -2.29. The molecule has 0 saturated carbocycles. The highest BCUT2D eigenvalue weighted by Crippen LogP contribution is 2.34. The van der Waals surface area contributed by atoms with E-state index >= 15 is 0 Å². The Bertz CT molecular complexity index is 793. The molecule has 3 rings (SSSR count). The monoisotopic (exact) mass is 367 g/mol. The number of aromatic nitrogens is 1. The van der Waals surface area contributed by atoms with Crippen molar-refractivity contribution in [3.63, 3.8) is 0 Å². The summed E-state index contributed by atoms with van der Waals surface area (Å²) < 4.78 is 28.0. The molecule has 0 radical (unpaired) electrons. The largest absolute Gasteiger partial charge is 0.372 e. The summed E-state index contributed by atoms with van der Waals surface area (Å²) in [5.41, 5.74) is 1.80. The Labute approximate surface area is 132 Å². The normalized spacial score (nSPS) is 14.1. The first-order valence-electron chi connectivity index (χ1n) is 6.48. The molecule has 0 saturated heterocycles. The van der Waals surface area contributed by atoms with Crippen molar-refractivity contribution in [1.29, 1.82) is 0 Å². The van der Waals surface area contributed by atoms with Crippen LogP contribution in [0.3, 0.4) is 0 Å². The van der Waals surface area contributed by atoms with Crippen molar-refractivity contribution in [2.45, 2.75) is 11.3 Å². The van der Waals surface area contributed by atoms with Crippen molar-refractivity contribution in [1.82, 2.24) is 4.98 Å². The van der Waals surface area contributed by atoms with E-state index in [2.05, 4.69) is 26.2 Å². The second-order valence-corrected chi connectivity index (χ2v) is 7.45. The number of sulfonamides is 1. The Morgan fingerprint density at radius 2 is 2.10 bits per heavy atom. The number of nitrogens with one attached hydrogen (secondary N) is 1. The first-order chi connectivity index (χ1) is 10.0. The quantitative estimate of drug-likeness (QED) is 0.905. The molecule has 1 aromatic carbocycles. The highest BCUT2D eigenvalue weighted by molar-refractivity contribution is 9.10. The number of benzene rings is 1. The Morgan fingerprint density at radius 1 is 1.33 bits per heavy atom. The van der Waals surface area contributed by atoms with Crippen LogP contribution in [-0.4, -0.2) is 27.0 Å². The van der Waals surface area contributed by atoms with Gasteiger partial charge in [0, 0.05) is 24.3 Å². The van der Waals surface area contributed by atoms with Crippen LogP contribution in [0.25, 0.3) is 0 Å². The fourth-order valence-electron chi connectivity index (χ4n) is 2.48. The SMILES string of the molecule is CNc1ncc(Br)cc1S(=O)(=O)N1CCc2ccccc21. The maximum atomic E-state index is 13.0. The van der Waals surface area contributed by atoms with Crippen molar-refractivity contribution in [3.05, 3.63) is 46.6 Å². The minimum atomic E-state index is -3.64. The fourth-order valence-corrected chi connectivity index (χ4v) is 4.65. The molecule has 1 aromatic heterocycles. The first kappa shape index (κ1) is 14.3. The zero-order valence-electron chi connectivity index (χ0n) is 11.4. The molecule has 2 aromatic rings. The number of hydrogen-bond acceptors (Lipinski definition) is 4. The molecular formula is C14H14BrN3O2S. The van der Waals surface area contributed by atoms with Gasteiger partial charge in [0.2, 0.25) is 0 Å². The van der Waals surface area contributed by atoms with Gasteiger partial charge in [-0.25, -0.2) is 13.4 Å². The van der Waals surface area contributed by atoms with Gasteiger partial charge in [0.15, 0.2) is 0 Å². The van der Waals surface area contributed by atoms with E-state index in [1.54, 1.807) is 19.3 Å². The van der Waals surface area contributed by atoms with E-state index in [4.69, 9.17) is 0 Å². The molecule has 1 aliphatic rings. The van der Waals surface area contributed by atoms with Crippen molar-refractivity contribution in [2.24, 2.45) is 0 Å². The first-order valence-corrected chi connectivity index (χ1v) is 8.71. The lowest BCUT2D eigenvalue weighted by molar-refractivity contribution is 0.592. The van der Waals surface area contributed by atoms with E-state index in [0.29, 0.717) is 16.8 Å². The number of halogens is 1. The molecular weight excluding hydrogens is 354 g/mol. The molecule has 7 heteroatoms. The molecule has 1 aliphatic heterocycles. The van der Waals surface area contributed by atoms with Crippen molar-refractivity contribution >= 4 is 37.5 Å². The summed E-state index contributed by atoms with van der Waals surface area (Å²) in [6.45, 7) is 0.456. The van der Waals surface area contributed by atoms with Crippen LogP contribution in [0.5, 0.6) is 0 Å². The van der Waals surface area contributed by atoms with E-state index in [1.807, 2.05) is 24.3 Å². The highest BCUT2D eigenvalue weighted by Gasteiger charge is 2.32. The third-order valence-electron chi connectivity index (χ3n) is 3.47. The van der Waals surface area contributed by atoms with Gasteiger partial charge in [-0.05, 0) is 40.0 Å². The summed E-state index contributed by atoms with van der Waals surface area (Å²) in [4.78, 5) is 4.30. The predicted octanol–water partition coefficient (Wildman–Crippen LogP) is 2.64. The van der Waals surface area contributed by atoms with Crippen molar-refractivity contribution in [3.8, 4) is 0 Å². The molecule has 0 bridgehead atoms. The van der Waals surface area contributed by atoms with Crippen molar-refractivity contribution in [2.75, 3.05) is 23.2 Å². The maximum absolute atomic E-state index is 13.0. The summed E-state index contributed by atoms with van der Waals surface area (Å²) in [5, 5.41) is 2.84. The van der Waals surface area contributed by atoms with E-state index in [1.165, 1.54) is 4.31 Å². The smallest absolute Gasteiger partial charge is 0.268 e. The third-order valence-corrected chi connectivity index (χ3v) is 5.73. The Balaban J connectivity index is 2.13. The van der Waals surface area contributed by atoms with Crippen molar-refractivity contribution < 1.29 is 8.42 Å². The summed E-state index contributed by atoms with van der Waals surface area (Å²) in [6, 6.07) is 9.15. The van der Waals surface area contributed by atoms with Crippen LogP contribution < -0.4 is 9.62 Å². The zero-order valence-corrected chi connectivity index (χ0v) is 13.8. The molecule has 0 unspecified atom stereocenters. The van der Waals surface area contributed by atoms with Gasteiger partial charge in [-0.2, -0.15) is 0 Å². The van der Waals surface area contributed by atoms with Crippen LogP contribution in [0.4, 0.5) is 11.5 Å². The summed E-state index contributed by atoms with van der Waals surface area (Å²) in [7, 11) is -1.98. The number of fused-ring (bicyclic) bond motifs is 1. The van der Waals surface area contributed by atoms with Crippen LogP contribution in [-0.2, 0) is 16.4 Å². The highest BCUT2D eigenvalue weighted by atomic mass is 79.9. The van der Waals surface area contributed by atoms with Gasteiger partial charge in [0.1, 0.15) is 10.7 Å². The topological polar surface area (TPSA) is 62.3 Å². The average Bonchev–Trinajstić information content (AvgIpc) is 2.92. The standard InChI is InChI=1S/C14H14BrN3O2S/c1-16-14-13(8-11(15)9-17-14)21(19,20)18-7-6-10-4-2-3-5-12(10)18/h2-5,8-9H,6-7H2,1H3,(H,16,17). The number of pyridine rings is 1. The number of para-hydroxylation sites is 1. The Hall–Kier alpha value is -1.60. The van der Waals surface area contributed by atoms with Gasteiger partial charge in [-0.15, -0.1) is 0 Å². The summed E-state index contributed by atoms with van der Waals surface area (Å²) in [6.07, 6.45) is 2.30. The van der Waals surface area contributed by atoms with Crippen LogP contribution in [0, 0.1) is 0 Å². The molecule has 2 heterocycles. The second kappa shape index (κ2) is 5.31. The van der Waals surface area contributed by atoms with Gasteiger partial charge in [0.05, 0.1) is 5.69 Å².